The molecule has 2 rings (SSSR count). The summed E-state index contributed by atoms with van der Waals surface area (Å²) in [6, 6.07) is 18.8. The van der Waals surface area contributed by atoms with Crippen molar-refractivity contribution in [2.45, 2.75) is 46.3 Å². The minimum Gasteiger partial charge on any atom is -0.336 e. The third-order valence-electron chi connectivity index (χ3n) is 4.07. The van der Waals surface area contributed by atoms with E-state index in [-0.39, 0.29) is 11.9 Å². The molecule has 1 N–H and O–H groups in total. The number of rotatable bonds is 8. The first kappa shape index (κ1) is 18.2. The lowest BCUT2D eigenvalue weighted by molar-refractivity contribution is -0.133. The van der Waals surface area contributed by atoms with E-state index in [0.717, 1.165) is 6.54 Å². The fraction of sp³-hybridized carbons (Fsp3) is 0.381. The Kier molecular flexibility index (Phi) is 7.01. The molecular weight excluding hydrogens is 296 g/mol. The van der Waals surface area contributed by atoms with Gasteiger partial charge >= 0.3 is 0 Å². The Balaban J connectivity index is 1.80. The number of nitrogens with zero attached hydrogens (tertiary/aromatic N) is 1. The van der Waals surface area contributed by atoms with Crippen LogP contribution in [0.1, 0.15) is 37.0 Å². The van der Waals surface area contributed by atoms with Gasteiger partial charge in [-0.2, -0.15) is 0 Å². The van der Waals surface area contributed by atoms with E-state index in [9.17, 15) is 4.79 Å². The number of carbonyl (C=O) groups excluding carboxylic acids is 1. The van der Waals surface area contributed by atoms with Crippen molar-refractivity contribution in [2.75, 3.05) is 6.54 Å². The highest BCUT2D eigenvalue weighted by Gasteiger charge is 2.16. The van der Waals surface area contributed by atoms with Gasteiger partial charge in [-0.1, -0.05) is 60.2 Å². The van der Waals surface area contributed by atoms with Crippen LogP contribution in [0, 0.1) is 6.92 Å². The molecular formula is C21H28N2O. The second-order valence-electron chi connectivity index (χ2n) is 6.52. The van der Waals surface area contributed by atoms with E-state index in [1.807, 2.05) is 23.1 Å². The van der Waals surface area contributed by atoms with Crippen LogP contribution in [0.15, 0.2) is 54.6 Å². The van der Waals surface area contributed by atoms with Crippen LogP contribution in [0.5, 0.6) is 0 Å². The predicted molar refractivity (Wildman–Crippen MR) is 99.6 cm³/mol. The third-order valence-corrected chi connectivity index (χ3v) is 4.07. The lowest BCUT2D eigenvalue weighted by Crippen LogP contribution is -2.37. The summed E-state index contributed by atoms with van der Waals surface area (Å²) in [6.45, 7) is 8.41. The molecule has 1 amide bonds. The number of benzene rings is 2. The molecule has 0 atom stereocenters. The summed E-state index contributed by atoms with van der Waals surface area (Å²) >= 11 is 0. The molecule has 3 heteroatoms. The molecule has 0 fully saturated rings. The van der Waals surface area contributed by atoms with Crippen molar-refractivity contribution in [3.8, 4) is 0 Å². The fourth-order valence-corrected chi connectivity index (χ4v) is 2.73. The van der Waals surface area contributed by atoms with Gasteiger partial charge in [-0.05, 0) is 31.9 Å². The van der Waals surface area contributed by atoms with Crippen LogP contribution in [0.3, 0.4) is 0 Å². The summed E-state index contributed by atoms with van der Waals surface area (Å²) in [6.07, 6.45) is 0.525. The minimum absolute atomic E-state index is 0.200. The van der Waals surface area contributed by atoms with Gasteiger partial charge in [0.15, 0.2) is 0 Å². The fourth-order valence-electron chi connectivity index (χ4n) is 2.73. The molecule has 0 aliphatic heterocycles. The minimum atomic E-state index is 0.200. The second-order valence-corrected chi connectivity index (χ2v) is 6.52. The van der Waals surface area contributed by atoms with Crippen molar-refractivity contribution in [3.63, 3.8) is 0 Å². The Morgan fingerprint density at radius 1 is 1.04 bits per heavy atom. The molecule has 0 unspecified atom stereocenters. The van der Waals surface area contributed by atoms with Crippen LogP contribution in [0.25, 0.3) is 0 Å². The summed E-state index contributed by atoms with van der Waals surface area (Å²) < 4.78 is 0. The highest BCUT2D eigenvalue weighted by Crippen LogP contribution is 2.10. The van der Waals surface area contributed by atoms with E-state index in [2.05, 4.69) is 62.5 Å². The Hall–Kier alpha value is -2.13. The smallest absolute Gasteiger partial charge is 0.224 e. The van der Waals surface area contributed by atoms with E-state index < -0.39 is 0 Å². The van der Waals surface area contributed by atoms with Crippen LogP contribution in [0.2, 0.25) is 0 Å². The zero-order valence-electron chi connectivity index (χ0n) is 15.0. The van der Waals surface area contributed by atoms with E-state index in [1.54, 1.807) is 0 Å². The molecule has 0 saturated carbocycles. The standard InChI is InChI=1S/C21H28N2O/c1-17(2)23(16-19-9-5-4-6-10-19)21(24)12-13-22-15-20-11-7-8-18(3)14-20/h4-11,14,17,22H,12-13,15-16H2,1-3H3. The summed E-state index contributed by atoms with van der Waals surface area (Å²) in [5.74, 6) is 0.200. The molecule has 0 aromatic heterocycles. The largest absolute Gasteiger partial charge is 0.336 e. The summed E-state index contributed by atoms with van der Waals surface area (Å²) in [4.78, 5) is 14.5. The first-order chi connectivity index (χ1) is 11.6. The number of hydrogen-bond donors (Lipinski definition) is 1. The molecule has 0 aliphatic rings. The molecule has 128 valence electrons. The van der Waals surface area contributed by atoms with Crippen molar-refractivity contribution in [1.82, 2.24) is 10.2 Å². The molecule has 0 spiro atoms. The van der Waals surface area contributed by atoms with Crippen LogP contribution in [-0.4, -0.2) is 23.4 Å². The van der Waals surface area contributed by atoms with Gasteiger partial charge < -0.3 is 10.2 Å². The molecule has 0 bridgehead atoms. The maximum Gasteiger partial charge on any atom is 0.224 e. The summed E-state index contributed by atoms with van der Waals surface area (Å²) in [5.41, 5.74) is 3.69. The van der Waals surface area contributed by atoms with Crippen LogP contribution in [-0.2, 0) is 17.9 Å². The van der Waals surface area contributed by atoms with Gasteiger partial charge in [0.05, 0.1) is 0 Å². The zero-order chi connectivity index (χ0) is 17.4. The first-order valence-corrected chi connectivity index (χ1v) is 8.66. The van der Waals surface area contributed by atoms with Gasteiger partial charge in [0.25, 0.3) is 0 Å². The molecule has 3 nitrogen and oxygen atoms in total. The van der Waals surface area contributed by atoms with Crippen molar-refractivity contribution >= 4 is 5.91 Å². The Morgan fingerprint density at radius 2 is 1.75 bits per heavy atom. The number of hydrogen-bond acceptors (Lipinski definition) is 2. The monoisotopic (exact) mass is 324 g/mol. The Morgan fingerprint density at radius 3 is 2.42 bits per heavy atom. The van der Waals surface area contributed by atoms with E-state index in [4.69, 9.17) is 0 Å². The van der Waals surface area contributed by atoms with Gasteiger partial charge in [0, 0.05) is 32.1 Å². The maximum atomic E-state index is 12.5. The van der Waals surface area contributed by atoms with Gasteiger partial charge in [-0.3, -0.25) is 4.79 Å². The predicted octanol–water partition coefficient (Wildman–Crippen LogP) is 3.91. The lowest BCUT2D eigenvalue weighted by Gasteiger charge is -2.27. The molecule has 0 heterocycles. The van der Waals surface area contributed by atoms with E-state index in [0.29, 0.717) is 19.5 Å². The van der Waals surface area contributed by atoms with E-state index >= 15 is 0 Å². The normalized spacial score (nSPS) is 10.8. The topological polar surface area (TPSA) is 32.3 Å². The number of nitrogens with one attached hydrogen (secondary N) is 1. The van der Waals surface area contributed by atoms with Crippen LogP contribution >= 0.6 is 0 Å². The molecule has 2 aromatic carbocycles. The Bertz CT molecular complexity index is 637. The summed E-state index contributed by atoms with van der Waals surface area (Å²) in [7, 11) is 0. The summed E-state index contributed by atoms with van der Waals surface area (Å²) in [5, 5.41) is 3.37. The average Bonchev–Trinajstić information content (AvgIpc) is 2.57. The highest BCUT2D eigenvalue weighted by atomic mass is 16.2. The van der Waals surface area contributed by atoms with Crippen molar-refractivity contribution in [2.24, 2.45) is 0 Å². The molecule has 0 radical (unpaired) electrons. The van der Waals surface area contributed by atoms with Crippen LogP contribution in [0.4, 0.5) is 0 Å². The number of aryl methyl sites for hydroxylation is 1. The van der Waals surface area contributed by atoms with Crippen molar-refractivity contribution < 1.29 is 4.79 Å². The van der Waals surface area contributed by atoms with Gasteiger partial charge in [-0.15, -0.1) is 0 Å². The SMILES string of the molecule is Cc1cccc(CNCCC(=O)N(Cc2ccccc2)C(C)C)c1. The van der Waals surface area contributed by atoms with Crippen molar-refractivity contribution in [3.05, 3.63) is 71.3 Å². The molecule has 24 heavy (non-hydrogen) atoms. The number of carbonyl (C=O) groups is 1. The Labute approximate surface area is 145 Å². The molecule has 0 saturated heterocycles. The third kappa shape index (κ3) is 5.82. The zero-order valence-corrected chi connectivity index (χ0v) is 15.0. The van der Waals surface area contributed by atoms with Gasteiger partial charge in [0.1, 0.15) is 0 Å². The molecule has 2 aromatic rings. The highest BCUT2D eigenvalue weighted by molar-refractivity contribution is 5.76. The second kappa shape index (κ2) is 9.24. The lowest BCUT2D eigenvalue weighted by atomic mass is 10.1. The average molecular weight is 324 g/mol. The molecule has 0 aliphatic carbocycles. The van der Waals surface area contributed by atoms with Gasteiger partial charge in [0.2, 0.25) is 5.91 Å². The van der Waals surface area contributed by atoms with Gasteiger partial charge in [-0.25, -0.2) is 0 Å². The maximum absolute atomic E-state index is 12.5. The quantitative estimate of drug-likeness (QED) is 0.747. The van der Waals surface area contributed by atoms with Crippen LogP contribution < -0.4 is 5.32 Å². The van der Waals surface area contributed by atoms with E-state index in [1.165, 1.54) is 16.7 Å². The first-order valence-electron chi connectivity index (χ1n) is 8.66. The van der Waals surface area contributed by atoms with Crippen molar-refractivity contribution in [1.29, 1.82) is 0 Å². The number of amides is 1.